The summed E-state index contributed by atoms with van der Waals surface area (Å²) >= 11 is 0. The van der Waals surface area contributed by atoms with Crippen molar-refractivity contribution >= 4 is 0 Å². The van der Waals surface area contributed by atoms with E-state index in [1.165, 1.54) is 62.8 Å². The van der Waals surface area contributed by atoms with E-state index in [1.807, 2.05) is 158 Å². The van der Waals surface area contributed by atoms with Crippen molar-refractivity contribution in [3.63, 3.8) is 0 Å². The summed E-state index contributed by atoms with van der Waals surface area (Å²) in [5.41, 5.74) is 15.5. The van der Waals surface area contributed by atoms with Crippen molar-refractivity contribution in [2.75, 3.05) is 0 Å². The summed E-state index contributed by atoms with van der Waals surface area (Å²) in [5, 5.41) is 0. The topological polar surface area (TPSA) is 77.3 Å². The molecule has 0 fully saturated rings. The Labute approximate surface area is 687 Å². The maximum Gasteiger partial charge on any atom is 0.126 e. The number of nitrogens with zero attached hydrogens (tertiary/aromatic N) is 6. The van der Waals surface area contributed by atoms with Crippen LogP contribution in [0.1, 0.15) is 84.6 Å². The first kappa shape index (κ1) is 60.8. The van der Waals surface area contributed by atoms with Crippen molar-refractivity contribution < 1.29 is 96.8 Å². The minimum Gasteiger partial charge on any atom is -0.304 e. The van der Waals surface area contributed by atoms with Gasteiger partial charge < -0.3 is 29.9 Å². The van der Waals surface area contributed by atoms with Gasteiger partial charge in [0.25, 0.3) is 0 Å². The van der Waals surface area contributed by atoms with Gasteiger partial charge in [-0.1, -0.05) is 125 Å². The second kappa shape index (κ2) is 43.2. The van der Waals surface area contributed by atoms with Gasteiger partial charge in [0, 0.05) is 121 Å². The average molecular weight is 1940 g/mol. The molecule has 15 rings (SSSR count). The molecule has 0 amide bonds. The Balaban J connectivity index is 0.000000205. The van der Waals surface area contributed by atoms with Gasteiger partial charge in [0.2, 0.25) is 0 Å². The Morgan fingerprint density at radius 1 is 0.321 bits per heavy atom. The van der Waals surface area contributed by atoms with Gasteiger partial charge in [-0.2, -0.15) is 0 Å². The Bertz CT molecular complexity index is 5490. The molecule has 0 aliphatic rings. The molecule has 0 N–H and O–H groups in total. The average Bonchev–Trinajstić information content (AvgIpc) is 0.773. The molecule has 0 saturated heterocycles. The van der Waals surface area contributed by atoms with E-state index in [1.54, 1.807) is 110 Å². The molecule has 6 heterocycles. The van der Waals surface area contributed by atoms with Gasteiger partial charge >= 0.3 is 0 Å². The first-order valence-corrected chi connectivity index (χ1v) is 32.4. The predicted octanol–water partition coefficient (Wildman–Crippen LogP) is 24.0. The van der Waals surface area contributed by atoms with E-state index in [-0.39, 0.29) is 100 Å². The number of benzene rings is 9. The molecule has 0 aliphatic heterocycles. The van der Waals surface area contributed by atoms with Crippen molar-refractivity contribution in [1.82, 2.24) is 29.9 Å². The minimum absolute atomic E-state index is 0. The van der Waals surface area contributed by atoms with Gasteiger partial charge in [-0.25, -0.2) is 13.2 Å². The number of halogens is 3. The molecule has 0 saturated carbocycles. The van der Waals surface area contributed by atoms with Crippen molar-refractivity contribution in [2.24, 2.45) is 5.89 Å². The first-order chi connectivity index (χ1) is 56.9. The zero-order valence-corrected chi connectivity index (χ0v) is 64.2. The van der Waals surface area contributed by atoms with Crippen molar-refractivity contribution in [3.8, 4) is 101 Å². The molecule has 537 valence electrons. The molecule has 6 nitrogen and oxygen atoms in total. The summed E-state index contributed by atoms with van der Waals surface area (Å²) in [6.07, 6.45) is 9.10. The second-order valence-corrected chi connectivity index (χ2v) is 22.8. The van der Waals surface area contributed by atoms with Gasteiger partial charge in [0.15, 0.2) is 0 Å². The van der Waals surface area contributed by atoms with Gasteiger partial charge in [0.05, 0.1) is 0 Å². The summed E-state index contributed by atoms with van der Waals surface area (Å²) in [6, 6.07) is 99.9. The molecular weight excluding hydrogens is 1850 g/mol. The molecular formula is C94H77F3Ir3N6-6. The Morgan fingerprint density at radius 3 is 0.906 bits per heavy atom. The second-order valence-electron chi connectivity index (χ2n) is 22.8. The summed E-state index contributed by atoms with van der Waals surface area (Å²) in [4.78, 5) is 25.6. The SMILES string of the molecule is Fc1ccc(-c2ccc(-c3[c-]cccc3)nc2)cc1.[2H]C([2H])([2H])C([2H])(C)Cc1cc(-c2ccc(-c3[c-]cccc3)nc2)ccc1F.[2H]C([2H])([2H])C([2H])(C)c1cc(-c2ccc(-c3[c-]cccc3)nc2)ccc1F.[2H]C([2H])([2H])c1ccc(-c2[c-]cccc2)nc1.[2H]C([2H])([2H])c1ccc(-c2[c-]cccc2)nc1.[2H]C([2H])([2H])c1ccc(-c2[c-]cccc2)nc1.[Ir].[Ir].[Ir]. The molecule has 2 unspecified atom stereocenters. The molecule has 106 heavy (non-hydrogen) atoms. The van der Waals surface area contributed by atoms with E-state index in [4.69, 9.17) is 23.3 Å². The van der Waals surface area contributed by atoms with Crippen LogP contribution in [0.3, 0.4) is 0 Å². The molecule has 9 aromatic carbocycles. The third-order valence-corrected chi connectivity index (χ3v) is 15.2. The van der Waals surface area contributed by atoms with E-state index in [0.29, 0.717) is 11.1 Å². The zero-order chi connectivity index (χ0) is 86.5. The quantitative estimate of drug-likeness (QED) is 0.113. The van der Waals surface area contributed by atoms with E-state index >= 15 is 0 Å². The van der Waals surface area contributed by atoms with Crippen LogP contribution in [0.4, 0.5) is 13.2 Å². The molecule has 0 spiro atoms. The Morgan fingerprint density at radius 2 is 0.623 bits per heavy atom. The van der Waals surface area contributed by atoms with Gasteiger partial charge in [-0.05, 0) is 171 Å². The maximum atomic E-state index is 14.2. The first-order valence-electron chi connectivity index (χ1n) is 40.9. The minimum atomic E-state index is -2.64. The number of hydrogen-bond donors (Lipinski definition) is 0. The van der Waals surface area contributed by atoms with Gasteiger partial charge in [-0.15, -0.1) is 215 Å². The summed E-state index contributed by atoms with van der Waals surface area (Å²) < 4.78 is 168. The zero-order valence-electron chi connectivity index (χ0n) is 74.0. The van der Waals surface area contributed by atoms with Crippen LogP contribution in [-0.4, -0.2) is 29.9 Å². The largest absolute Gasteiger partial charge is 0.304 e. The van der Waals surface area contributed by atoms with E-state index in [9.17, 15) is 13.2 Å². The van der Waals surface area contributed by atoms with Crippen molar-refractivity contribution in [1.29, 1.82) is 0 Å². The van der Waals surface area contributed by atoms with Crippen LogP contribution in [0.25, 0.3) is 101 Å². The third kappa shape index (κ3) is 25.5. The standard InChI is InChI=1S/C21H19FN.C20H17FN.C17H11FN.3C12H10N.3Ir/c1-15(2)12-19-13-17(8-10-20(19)22)18-9-11-21(23-14-18)16-6-4-3-5-7-16;1-14(2)18-12-16(8-10-19(18)21)17-9-11-20(22-13-17)15-6-4-3-5-7-15;18-16-9-6-13(7-10-16)15-8-11-17(19-12-15)14-4-2-1-3-5-14;3*1-10-7-8-12(13-9-10)11-5-3-2-4-6-11;;;/h3-6,8-11,13-15H,12H2,1-2H3;3-6,8-14H,1-2H3;1-4,6-12H;3*2-5,7-9H,1H3;;;/q6*-1;;;/i1D3,15D;1D3,14D;;3*1D3;;;. The summed E-state index contributed by atoms with van der Waals surface area (Å²) in [6.45, 7) is -8.90. The number of aromatic nitrogens is 6. The summed E-state index contributed by atoms with van der Waals surface area (Å²) in [5.74, 6) is -5.25. The smallest absolute Gasteiger partial charge is 0.126 e. The Kier molecular flexibility index (Phi) is 24.8. The number of aryl methyl sites for hydroxylation is 3. The monoisotopic (exact) mass is 1940 g/mol. The van der Waals surface area contributed by atoms with E-state index in [0.717, 1.165) is 89.8 Å². The molecule has 6 aromatic heterocycles. The molecule has 2 atom stereocenters. The van der Waals surface area contributed by atoms with Crippen LogP contribution in [0, 0.1) is 80.3 Å². The summed E-state index contributed by atoms with van der Waals surface area (Å²) in [7, 11) is 0. The fourth-order valence-corrected chi connectivity index (χ4v) is 9.96. The van der Waals surface area contributed by atoms with Crippen molar-refractivity contribution in [2.45, 2.75) is 60.4 Å². The third-order valence-electron chi connectivity index (χ3n) is 15.2. The number of rotatable bonds is 12. The fourth-order valence-electron chi connectivity index (χ4n) is 9.96. The van der Waals surface area contributed by atoms with E-state index < -0.39 is 57.7 Å². The van der Waals surface area contributed by atoms with Crippen molar-refractivity contribution in [3.05, 3.63) is 398 Å². The molecule has 0 aliphatic carbocycles. The Hall–Kier alpha value is -10.4. The van der Waals surface area contributed by atoms with Crippen LogP contribution in [0.5, 0.6) is 0 Å². The van der Waals surface area contributed by atoms with Gasteiger partial charge in [-0.3, -0.25) is 0 Å². The van der Waals surface area contributed by atoms with Crippen LogP contribution >= 0.6 is 0 Å². The van der Waals surface area contributed by atoms with Crippen LogP contribution in [0.2, 0.25) is 0 Å². The normalized spacial score (nSPS) is 14.2. The molecule has 3 radical (unpaired) electrons. The van der Waals surface area contributed by atoms with Crippen LogP contribution in [0.15, 0.2) is 316 Å². The molecule has 15 aromatic rings. The van der Waals surface area contributed by atoms with Crippen LogP contribution < -0.4 is 0 Å². The number of hydrogen-bond acceptors (Lipinski definition) is 6. The predicted molar refractivity (Wildman–Crippen MR) is 414 cm³/mol. The molecule has 0 bridgehead atoms. The number of pyridine rings is 6. The molecule has 12 heteroatoms. The van der Waals surface area contributed by atoms with Crippen LogP contribution in [-0.2, 0) is 66.7 Å². The van der Waals surface area contributed by atoms with Gasteiger partial charge in [0.1, 0.15) is 17.5 Å². The van der Waals surface area contributed by atoms with E-state index in [2.05, 4.69) is 66.3 Å². The maximum absolute atomic E-state index is 14.2. The fraction of sp³-hybridized carbons (Fsp3) is 0.106.